The van der Waals surface area contributed by atoms with Crippen molar-refractivity contribution in [3.05, 3.63) is 34.9 Å². The average molecular weight is 279 g/mol. The van der Waals surface area contributed by atoms with E-state index >= 15 is 0 Å². The second-order valence-electron chi connectivity index (χ2n) is 6.54. The quantitative estimate of drug-likeness (QED) is 0.844. The summed E-state index contributed by atoms with van der Waals surface area (Å²) < 4.78 is 28.1. The molecule has 0 heterocycles. The molecule has 3 heteroatoms. The second kappa shape index (κ2) is 5.44. The zero-order chi connectivity index (χ0) is 14.3. The highest BCUT2D eigenvalue weighted by Crippen LogP contribution is 2.57. The smallest absolute Gasteiger partial charge is 0.128 e. The summed E-state index contributed by atoms with van der Waals surface area (Å²) >= 11 is 0. The minimum Gasteiger partial charge on any atom is -0.310 e. The maximum absolute atomic E-state index is 14.3. The summed E-state index contributed by atoms with van der Waals surface area (Å²) in [4.78, 5) is 0. The van der Waals surface area contributed by atoms with Gasteiger partial charge in [0.25, 0.3) is 0 Å². The average Bonchev–Trinajstić information content (AvgIpc) is 3.02. The molecule has 110 valence electrons. The molecule has 3 unspecified atom stereocenters. The van der Waals surface area contributed by atoms with Crippen molar-refractivity contribution in [1.82, 2.24) is 5.32 Å². The van der Waals surface area contributed by atoms with Gasteiger partial charge in [-0.1, -0.05) is 6.92 Å². The van der Waals surface area contributed by atoms with E-state index in [1.807, 2.05) is 0 Å². The highest BCUT2D eigenvalue weighted by molar-refractivity contribution is 5.28. The van der Waals surface area contributed by atoms with Crippen LogP contribution >= 0.6 is 0 Å². The molecule has 1 aromatic carbocycles. The zero-order valence-corrected chi connectivity index (χ0v) is 12.3. The number of benzene rings is 1. The van der Waals surface area contributed by atoms with Gasteiger partial charge in [0.15, 0.2) is 0 Å². The zero-order valence-electron chi connectivity index (χ0n) is 12.3. The molecular formula is C17H23F2N. The van der Waals surface area contributed by atoms with Crippen molar-refractivity contribution < 1.29 is 8.78 Å². The lowest BCUT2D eigenvalue weighted by molar-refractivity contribution is 0.332. The van der Waals surface area contributed by atoms with E-state index in [-0.39, 0.29) is 17.7 Å². The summed E-state index contributed by atoms with van der Waals surface area (Å²) in [6.07, 6.45) is 4.69. The van der Waals surface area contributed by atoms with Gasteiger partial charge < -0.3 is 5.32 Å². The van der Waals surface area contributed by atoms with Crippen LogP contribution in [0, 0.1) is 36.3 Å². The lowest BCUT2D eigenvalue weighted by Gasteiger charge is -2.27. The van der Waals surface area contributed by atoms with Crippen molar-refractivity contribution >= 4 is 0 Å². The summed E-state index contributed by atoms with van der Waals surface area (Å²) in [5, 5.41) is 3.45. The fourth-order valence-corrected chi connectivity index (χ4v) is 3.76. The fraction of sp³-hybridized carbons (Fsp3) is 0.647. The molecular weight excluding hydrogens is 256 g/mol. The highest BCUT2D eigenvalue weighted by Gasteiger charge is 2.48. The van der Waals surface area contributed by atoms with Gasteiger partial charge in [0, 0.05) is 11.6 Å². The predicted octanol–water partition coefficient (Wildman–Crippen LogP) is 4.36. The normalized spacial score (nSPS) is 29.3. The number of hydrogen-bond donors (Lipinski definition) is 1. The van der Waals surface area contributed by atoms with E-state index < -0.39 is 0 Å². The lowest BCUT2D eigenvalue weighted by Crippen LogP contribution is -2.29. The Bertz CT molecular complexity index is 490. The van der Waals surface area contributed by atoms with E-state index in [4.69, 9.17) is 0 Å². The third kappa shape index (κ3) is 2.60. The molecule has 2 saturated carbocycles. The van der Waals surface area contributed by atoms with E-state index in [9.17, 15) is 8.78 Å². The lowest BCUT2D eigenvalue weighted by atomic mass is 9.88. The first-order valence-electron chi connectivity index (χ1n) is 7.79. The fourth-order valence-electron chi connectivity index (χ4n) is 3.76. The first-order valence-corrected chi connectivity index (χ1v) is 7.79. The van der Waals surface area contributed by atoms with Gasteiger partial charge in [0.1, 0.15) is 11.6 Å². The first kappa shape index (κ1) is 14.0. The monoisotopic (exact) mass is 279 g/mol. The molecule has 2 aliphatic carbocycles. The van der Waals surface area contributed by atoms with Crippen molar-refractivity contribution in [2.45, 2.75) is 45.6 Å². The van der Waals surface area contributed by atoms with Gasteiger partial charge in [-0.05, 0) is 74.6 Å². The molecule has 2 aliphatic rings. The highest BCUT2D eigenvalue weighted by atomic mass is 19.1. The summed E-state index contributed by atoms with van der Waals surface area (Å²) in [6, 6.07) is 2.71. The Labute approximate surface area is 119 Å². The van der Waals surface area contributed by atoms with Crippen LogP contribution in [0.1, 0.15) is 49.8 Å². The van der Waals surface area contributed by atoms with Crippen molar-refractivity contribution in [3.8, 4) is 0 Å². The van der Waals surface area contributed by atoms with Gasteiger partial charge in [0.05, 0.1) is 0 Å². The molecule has 1 N–H and O–H groups in total. The van der Waals surface area contributed by atoms with E-state index in [1.165, 1.54) is 31.4 Å². The molecule has 2 fully saturated rings. The second-order valence-corrected chi connectivity index (χ2v) is 6.54. The van der Waals surface area contributed by atoms with Crippen LogP contribution in [0.25, 0.3) is 0 Å². The maximum atomic E-state index is 14.3. The predicted molar refractivity (Wildman–Crippen MR) is 76.5 cm³/mol. The number of halogens is 2. The Morgan fingerprint density at radius 3 is 2.50 bits per heavy atom. The summed E-state index contributed by atoms with van der Waals surface area (Å²) in [6.45, 7) is 4.56. The number of nitrogens with one attached hydrogen (secondary N) is 1. The largest absolute Gasteiger partial charge is 0.310 e. The maximum Gasteiger partial charge on any atom is 0.128 e. The number of rotatable bonds is 5. The van der Waals surface area contributed by atoms with E-state index in [1.54, 1.807) is 6.92 Å². The van der Waals surface area contributed by atoms with Gasteiger partial charge in [-0.15, -0.1) is 0 Å². The molecule has 3 rings (SSSR count). The Morgan fingerprint density at radius 1 is 1.15 bits per heavy atom. The minimum atomic E-state index is -0.298. The summed E-state index contributed by atoms with van der Waals surface area (Å²) in [5.41, 5.74) is 0.905. The summed E-state index contributed by atoms with van der Waals surface area (Å²) in [7, 11) is 0. The van der Waals surface area contributed by atoms with Crippen molar-refractivity contribution in [2.24, 2.45) is 17.8 Å². The van der Waals surface area contributed by atoms with Crippen LogP contribution in [0.2, 0.25) is 0 Å². The van der Waals surface area contributed by atoms with E-state index in [0.29, 0.717) is 17.0 Å². The van der Waals surface area contributed by atoms with Crippen LogP contribution in [0.4, 0.5) is 8.78 Å². The van der Waals surface area contributed by atoms with E-state index in [0.717, 1.165) is 24.8 Å². The van der Waals surface area contributed by atoms with Crippen LogP contribution in [-0.4, -0.2) is 6.54 Å². The molecule has 1 nitrogen and oxygen atoms in total. The molecule has 1 aromatic rings. The van der Waals surface area contributed by atoms with Gasteiger partial charge in [-0.25, -0.2) is 8.78 Å². The molecule has 0 spiro atoms. The van der Waals surface area contributed by atoms with Crippen molar-refractivity contribution in [2.75, 3.05) is 6.54 Å². The Kier molecular flexibility index (Phi) is 3.80. The van der Waals surface area contributed by atoms with Gasteiger partial charge in [0.2, 0.25) is 0 Å². The molecule has 0 aliphatic heterocycles. The molecule has 0 amide bonds. The standard InChI is InChI=1S/C17H23F2N/c1-3-4-20-17(13-7-11-6-12(11)8-13)14-9-15(18)10(2)5-16(14)19/h5,9,11-13,17,20H,3-4,6-8H2,1-2H3. The van der Waals surface area contributed by atoms with Crippen LogP contribution in [-0.2, 0) is 0 Å². The topological polar surface area (TPSA) is 12.0 Å². The Hall–Kier alpha value is -0.960. The van der Waals surface area contributed by atoms with Crippen molar-refractivity contribution in [3.63, 3.8) is 0 Å². The Balaban J connectivity index is 1.86. The molecule has 0 radical (unpaired) electrons. The number of hydrogen-bond acceptors (Lipinski definition) is 1. The SMILES string of the molecule is CCCNC(c1cc(F)c(C)cc1F)C1CC2CC2C1. The van der Waals surface area contributed by atoms with Crippen molar-refractivity contribution in [1.29, 1.82) is 0 Å². The van der Waals surface area contributed by atoms with Gasteiger partial charge in [-0.3, -0.25) is 0 Å². The summed E-state index contributed by atoms with van der Waals surface area (Å²) in [5.74, 6) is 1.60. The molecule has 20 heavy (non-hydrogen) atoms. The third-order valence-corrected chi connectivity index (χ3v) is 4.98. The molecule has 0 bridgehead atoms. The molecule has 0 aromatic heterocycles. The van der Waals surface area contributed by atoms with Crippen LogP contribution < -0.4 is 5.32 Å². The van der Waals surface area contributed by atoms with Crippen LogP contribution in [0.3, 0.4) is 0 Å². The number of aryl methyl sites for hydroxylation is 1. The first-order chi connectivity index (χ1) is 9.60. The van der Waals surface area contributed by atoms with E-state index in [2.05, 4.69) is 12.2 Å². The van der Waals surface area contributed by atoms with Crippen LogP contribution in [0.15, 0.2) is 12.1 Å². The molecule has 3 atom stereocenters. The third-order valence-electron chi connectivity index (χ3n) is 4.98. The van der Waals surface area contributed by atoms with Gasteiger partial charge >= 0.3 is 0 Å². The number of fused-ring (bicyclic) bond motifs is 1. The van der Waals surface area contributed by atoms with Crippen LogP contribution in [0.5, 0.6) is 0 Å². The minimum absolute atomic E-state index is 0.0298. The van der Waals surface area contributed by atoms with Gasteiger partial charge in [-0.2, -0.15) is 0 Å². The molecule has 0 saturated heterocycles. The Morgan fingerprint density at radius 2 is 1.85 bits per heavy atom.